The zero-order valence-electron chi connectivity index (χ0n) is 19.5. The number of piperazine rings is 1. The minimum absolute atomic E-state index is 0.106. The molecule has 0 unspecified atom stereocenters. The first kappa shape index (κ1) is 24.5. The number of fused-ring (bicyclic) bond motifs is 1. The number of anilines is 2. The zero-order valence-corrected chi connectivity index (χ0v) is 21.1. The fraction of sp³-hybridized carbons (Fsp3) is 0.391. The summed E-state index contributed by atoms with van der Waals surface area (Å²) in [6.07, 6.45) is 1.58. The summed E-state index contributed by atoms with van der Waals surface area (Å²) < 4.78 is 27.9. The molecule has 182 valence electrons. The molecular formula is C23H29ClN6O3S. The van der Waals surface area contributed by atoms with E-state index in [1.54, 1.807) is 31.3 Å². The quantitative estimate of drug-likeness (QED) is 0.513. The van der Waals surface area contributed by atoms with Gasteiger partial charge in [-0.05, 0) is 49.9 Å². The molecular weight excluding hydrogens is 476 g/mol. The molecule has 1 saturated heterocycles. The largest absolute Gasteiger partial charge is 0.368 e. The first-order valence-electron chi connectivity index (χ1n) is 11.2. The van der Waals surface area contributed by atoms with Crippen LogP contribution in [0.2, 0.25) is 5.02 Å². The molecule has 0 spiro atoms. The van der Waals surface area contributed by atoms with Crippen molar-refractivity contribution in [2.24, 2.45) is 0 Å². The van der Waals surface area contributed by atoms with Crippen molar-refractivity contribution in [1.29, 1.82) is 0 Å². The Hall–Kier alpha value is -2.66. The second-order valence-electron chi connectivity index (χ2n) is 8.53. The third-order valence-corrected chi connectivity index (χ3v) is 8.27. The van der Waals surface area contributed by atoms with Crippen LogP contribution in [0.5, 0.6) is 0 Å². The van der Waals surface area contributed by atoms with Crippen LogP contribution >= 0.6 is 11.6 Å². The number of H-pyrrole nitrogens is 1. The maximum Gasteiger partial charge on any atom is 0.245 e. The van der Waals surface area contributed by atoms with Crippen LogP contribution in [0.1, 0.15) is 12.5 Å². The molecule has 0 aliphatic carbocycles. The average molecular weight is 505 g/mol. The predicted octanol–water partition coefficient (Wildman–Crippen LogP) is 2.93. The lowest BCUT2D eigenvalue weighted by atomic mass is 10.2. The van der Waals surface area contributed by atoms with Crippen molar-refractivity contribution in [1.82, 2.24) is 19.4 Å². The zero-order chi connectivity index (χ0) is 24.5. The smallest absolute Gasteiger partial charge is 0.245 e. The maximum atomic E-state index is 13.4. The molecule has 1 aliphatic rings. The molecule has 11 heteroatoms. The van der Waals surface area contributed by atoms with Crippen molar-refractivity contribution in [2.75, 3.05) is 56.5 Å². The molecule has 34 heavy (non-hydrogen) atoms. The van der Waals surface area contributed by atoms with Gasteiger partial charge in [-0.25, -0.2) is 8.42 Å². The number of nitrogens with zero attached hydrogens (tertiary/aromatic N) is 4. The lowest BCUT2D eigenvalue weighted by Gasteiger charge is -2.34. The fourth-order valence-electron chi connectivity index (χ4n) is 4.13. The molecule has 2 heterocycles. The Labute approximate surface area is 204 Å². The Morgan fingerprint density at radius 2 is 1.94 bits per heavy atom. The lowest BCUT2D eigenvalue weighted by molar-refractivity contribution is -0.116. The van der Waals surface area contributed by atoms with Crippen molar-refractivity contribution in [3.8, 4) is 0 Å². The van der Waals surface area contributed by atoms with E-state index in [2.05, 4.69) is 32.4 Å². The number of aryl methyl sites for hydroxylation is 1. The van der Waals surface area contributed by atoms with Crippen molar-refractivity contribution in [2.45, 2.75) is 18.7 Å². The molecule has 3 aromatic rings. The van der Waals surface area contributed by atoms with Crippen molar-refractivity contribution < 1.29 is 13.2 Å². The van der Waals surface area contributed by atoms with Crippen LogP contribution < -0.4 is 10.2 Å². The number of halogens is 1. The molecule has 1 fully saturated rings. The molecule has 0 bridgehead atoms. The van der Waals surface area contributed by atoms with E-state index < -0.39 is 15.9 Å². The number of rotatable bonds is 7. The number of nitrogens with one attached hydrogen (secondary N) is 2. The minimum atomic E-state index is -3.93. The third-order valence-electron chi connectivity index (χ3n) is 6.02. The molecule has 4 rings (SSSR count). The van der Waals surface area contributed by atoms with Gasteiger partial charge in [-0.15, -0.1) is 0 Å². The van der Waals surface area contributed by atoms with Crippen molar-refractivity contribution in [3.05, 3.63) is 47.1 Å². The Morgan fingerprint density at radius 1 is 1.21 bits per heavy atom. The van der Waals surface area contributed by atoms with Gasteiger partial charge in [0.05, 0.1) is 29.0 Å². The van der Waals surface area contributed by atoms with E-state index in [0.29, 0.717) is 21.6 Å². The van der Waals surface area contributed by atoms with Crippen LogP contribution in [0.25, 0.3) is 10.9 Å². The van der Waals surface area contributed by atoms with E-state index in [4.69, 9.17) is 11.6 Å². The molecule has 9 nitrogen and oxygen atoms in total. The number of aromatic amines is 1. The Kier molecular flexibility index (Phi) is 7.13. The number of carbonyl (C=O) groups is 1. The van der Waals surface area contributed by atoms with Gasteiger partial charge in [0.1, 0.15) is 4.90 Å². The highest BCUT2D eigenvalue weighted by Gasteiger charge is 2.28. The normalized spacial score (nSPS) is 15.3. The van der Waals surface area contributed by atoms with E-state index in [0.717, 1.165) is 41.7 Å². The Morgan fingerprint density at radius 3 is 2.62 bits per heavy atom. The number of carbonyl (C=O) groups excluding carboxylic acids is 1. The molecule has 2 aromatic carbocycles. The highest BCUT2D eigenvalue weighted by molar-refractivity contribution is 7.89. The first-order valence-corrected chi connectivity index (χ1v) is 13.0. The van der Waals surface area contributed by atoms with Crippen LogP contribution in [-0.4, -0.2) is 80.0 Å². The van der Waals surface area contributed by atoms with Gasteiger partial charge in [-0.1, -0.05) is 18.5 Å². The summed E-state index contributed by atoms with van der Waals surface area (Å²) >= 11 is 6.51. The Balaban J connectivity index is 1.48. The molecule has 0 saturated carbocycles. The standard InChI is InChI=1S/C23H29ClN6O3S/c1-4-30(34(32,33)21-12-16(2)11-17-14-25-27-23(17)21)15-22(31)26-18-5-6-20(19(24)13-18)29-9-7-28(3)8-10-29/h5-6,11-14H,4,7-10,15H2,1-3H3,(H,25,27)(H,26,31). The average Bonchev–Trinajstić information content (AvgIpc) is 3.26. The van der Waals surface area contributed by atoms with Crippen LogP contribution in [-0.2, 0) is 14.8 Å². The number of hydrogen-bond donors (Lipinski definition) is 2. The van der Waals surface area contributed by atoms with Gasteiger partial charge >= 0.3 is 0 Å². The highest BCUT2D eigenvalue weighted by Crippen LogP contribution is 2.30. The van der Waals surface area contributed by atoms with Crippen LogP contribution in [0.3, 0.4) is 0 Å². The molecule has 1 amide bonds. The van der Waals surface area contributed by atoms with Crippen LogP contribution in [0.15, 0.2) is 41.4 Å². The van der Waals surface area contributed by atoms with E-state index >= 15 is 0 Å². The summed E-state index contributed by atoms with van der Waals surface area (Å²) in [4.78, 5) is 17.4. The summed E-state index contributed by atoms with van der Waals surface area (Å²) in [5, 5.41) is 10.7. The van der Waals surface area contributed by atoms with Gasteiger partial charge in [0.15, 0.2) is 0 Å². The SMILES string of the molecule is CCN(CC(=O)Nc1ccc(N2CCN(C)CC2)c(Cl)c1)S(=O)(=O)c1cc(C)cc2cn[nH]c12. The number of likely N-dealkylation sites (N-methyl/N-ethyl adjacent to an activating group) is 2. The number of aromatic nitrogens is 2. The summed E-state index contributed by atoms with van der Waals surface area (Å²) in [6.45, 7) is 7.03. The monoisotopic (exact) mass is 504 g/mol. The summed E-state index contributed by atoms with van der Waals surface area (Å²) in [5.74, 6) is -0.442. The summed E-state index contributed by atoms with van der Waals surface area (Å²) in [5.41, 5.74) is 2.67. The van der Waals surface area contributed by atoms with Crippen molar-refractivity contribution in [3.63, 3.8) is 0 Å². The second kappa shape index (κ2) is 9.91. The van der Waals surface area contributed by atoms with Gasteiger partial charge in [0.2, 0.25) is 15.9 Å². The van der Waals surface area contributed by atoms with Gasteiger partial charge < -0.3 is 15.1 Å². The van der Waals surface area contributed by atoms with Gasteiger partial charge in [-0.3, -0.25) is 9.89 Å². The van der Waals surface area contributed by atoms with Gasteiger partial charge in [-0.2, -0.15) is 9.40 Å². The maximum absolute atomic E-state index is 13.4. The first-order chi connectivity index (χ1) is 16.2. The number of benzene rings is 2. The number of amides is 1. The van der Waals surface area contributed by atoms with E-state index in [1.807, 2.05) is 19.1 Å². The van der Waals surface area contributed by atoms with E-state index in [9.17, 15) is 13.2 Å². The molecule has 0 atom stereocenters. The molecule has 1 aromatic heterocycles. The van der Waals surface area contributed by atoms with Gasteiger partial charge in [0, 0.05) is 43.8 Å². The minimum Gasteiger partial charge on any atom is -0.368 e. The third kappa shape index (κ3) is 5.05. The predicted molar refractivity (Wildman–Crippen MR) is 135 cm³/mol. The van der Waals surface area contributed by atoms with Gasteiger partial charge in [0.25, 0.3) is 0 Å². The number of hydrogen-bond acceptors (Lipinski definition) is 6. The lowest BCUT2D eigenvalue weighted by Crippen LogP contribution is -2.44. The fourth-order valence-corrected chi connectivity index (χ4v) is 6.09. The van der Waals surface area contributed by atoms with Crippen LogP contribution in [0, 0.1) is 6.92 Å². The Bertz CT molecular complexity index is 1300. The molecule has 2 N–H and O–H groups in total. The number of sulfonamides is 1. The summed E-state index contributed by atoms with van der Waals surface area (Å²) in [6, 6.07) is 8.83. The molecule has 1 aliphatic heterocycles. The van der Waals surface area contributed by atoms with Crippen LogP contribution in [0.4, 0.5) is 11.4 Å². The summed E-state index contributed by atoms with van der Waals surface area (Å²) in [7, 11) is -1.84. The topological polar surface area (TPSA) is 102 Å². The highest BCUT2D eigenvalue weighted by atomic mass is 35.5. The van der Waals surface area contributed by atoms with E-state index in [-0.39, 0.29) is 18.0 Å². The molecule has 0 radical (unpaired) electrons. The van der Waals surface area contributed by atoms with Crippen molar-refractivity contribution >= 4 is 49.8 Å². The second-order valence-corrected chi connectivity index (χ2v) is 10.8. The van der Waals surface area contributed by atoms with E-state index in [1.165, 1.54) is 0 Å².